The molecule has 0 bridgehead atoms. The van der Waals surface area contributed by atoms with Gasteiger partial charge < -0.3 is 4.42 Å². The molecule has 1 amide bonds. The van der Waals surface area contributed by atoms with Gasteiger partial charge >= 0.3 is 0 Å². The number of nitrogens with zero attached hydrogens (tertiary/aromatic N) is 2. The quantitative estimate of drug-likeness (QED) is 0.342. The molecule has 142 valence electrons. The van der Waals surface area contributed by atoms with E-state index in [0.717, 1.165) is 15.6 Å². The van der Waals surface area contributed by atoms with Crippen molar-refractivity contribution in [1.29, 1.82) is 0 Å². The van der Waals surface area contributed by atoms with Gasteiger partial charge in [0.05, 0.1) is 23.1 Å². The number of amides is 1. The van der Waals surface area contributed by atoms with E-state index in [1.807, 2.05) is 24.3 Å². The van der Waals surface area contributed by atoms with E-state index >= 15 is 0 Å². The van der Waals surface area contributed by atoms with Crippen LogP contribution in [-0.2, 0) is 11.2 Å². The van der Waals surface area contributed by atoms with Gasteiger partial charge in [0.15, 0.2) is 0 Å². The van der Waals surface area contributed by atoms with Crippen molar-refractivity contribution in [2.24, 2.45) is 5.10 Å². The highest BCUT2D eigenvalue weighted by Gasteiger charge is 2.18. The molecule has 28 heavy (non-hydrogen) atoms. The molecule has 7 nitrogen and oxygen atoms in total. The number of nitrogens with one attached hydrogen (secondary N) is 1. The third-order valence-corrected chi connectivity index (χ3v) is 4.43. The van der Waals surface area contributed by atoms with Crippen LogP contribution in [0.3, 0.4) is 0 Å². The Labute approximate surface area is 169 Å². The molecule has 0 fully saturated rings. The summed E-state index contributed by atoms with van der Waals surface area (Å²) in [6, 6.07) is 15.6. The smallest absolute Gasteiger partial charge is 0.280 e. The van der Waals surface area contributed by atoms with E-state index in [-0.39, 0.29) is 18.0 Å². The Morgan fingerprint density at radius 1 is 1.21 bits per heavy atom. The van der Waals surface area contributed by atoms with E-state index in [2.05, 4.69) is 26.5 Å². The number of furan rings is 1. The Bertz CT molecular complexity index is 1040. The van der Waals surface area contributed by atoms with E-state index in [1.54, 1.807) is 31.2 Å². The van der Waals surface area contributed by atoms with Gasteiger partial charge in [-0.25, -0.2) is 5.43 Å². The first-order valence-electron chi connectivity index (χ1n) is 8.34. The van der Waals surface area contributed by atoms with Crippen LogP contribution in [0.5, 0.6) is 0 Å². The second-order valence-electron chi connectivity index (χ2n) is 6.08. The number of nitro benzene ring substituents is 1. The van der Waals surface area contributed by atoms with Crippen molar-refractivity contribution in [3.8, 4) is 11.3 Å². The molecule has 0 radical (unpaired) electrons. The summed E-state index contributed by atoms with van der Waals surface area (Å²) in [5.74, 6) is 0.461. The molecule has 3 rings (SSSR count). The van der Waals surface area contributed by atoms with Crippen molar-refractivity contribution in [1.82, 2.24) is 5.43 Å². The van der Waals surface area contributed by atoms with Crippen LogP contribution in [0, 0.1) is 17.0 Å². The zero-order chi connectivity index (χ0) is 20.1. The van der Waals surface area contributed by atoms with Gasteiger partial charge in [0.2, 0.25) is 5.91 Å². The third-order valence-electron chi connectivity index (χ3n) is 3.90. The summed E-state index contributed by atoms with van der Waals surface area (Å²) in [4.78, 5) is 22.7. The number of hydrogen-bond donors (Lipinski definition) is 1. The molecule has 1 aromatic heterocycles. The van der Waals surface area contributed by atoms with Gasteiger partial charge in [-0.2, -0.15) is 5.10 Å². The number of aryl methyl sites for hydroxylation is 1. The monoisotopic (exact) mass is 441 g/mol. The molecular formula is C20H16BrN3O4. The molecule has 0 spiro atoms. The zero-order valence-electron chi connectivity index (χ0n) is 14.9. The number of nitro groups is 1. The second-order valence-corrected chi connectivity index (χ2v) is 6.99. The minimum absolute atomic E-state index is 0.0272. The Balaban J connectivity index is 1.65. The van der Waals surface area contributed by atoms with E-state index in [0.29, 0.717) is 17.1 Å². The lowest BCUT2D eigenvalue weighted by Crippen LogP contribution is -2.19. The molecule has 0 unspecified atom stereocenters. The molecular weight excluding hydrogens is 426 g/mol. The van der Waals surface area contributed by atoms with Crippen LogP contribution in [0.25, 0.3) is 11.3 Å². The van der Waals surface area contributed by atoms with Crippen molar-refractivity contribution in [3.63, 3.8) is 0 Å². The normalized spacial score (nSPS) is 10.9. The van der Waals surface area contributed by atoms with Crippen LogP contribution in [0.1, 0.15) is 16.9 Å². The van der Waals surface area contributed by atoms with Crippen molar-refractivity contribution in [2.45, 2.75) is 13.3 Å². The van der Waals surface area contributed by atoms with Crippen molar-refractivity contribution >= 4 is 33.7 Å². The maximum atomic E-state index is 11.9. The first-order chi connectivity index (χ1) is 13.4. The molecule has 1 heterocycles. The average molecular weight is 442 g/mol. The minimum atomic E-state index is -0.443. The molecule has 8 heteroatoms. The predicted octanol–water partition coefficient (Wildman–Crippen LogP) is 4.62. The maximum absolute atomic E-state index is 11.9. The second kappa shape index (κ2) is 8.62. The molecule has 0 aliphatic heterocycles. The van der Waals surface area contributed by atoms with E-state index in [9.17, 15) is 14.9 Å². The summed E-state index contributed by atoms with van der Waals surface area (Å²) in [5.41, 5.74) is 4.44. The topological polar surface area (TPSA) is 97.7 Å². The number of rotatable bonds is 6. The summed E-state index contributed by atoms with van der Waals surface area (Å²) in [6.07, 6.45) is 1.55. The molecule has 1 N–H and O–H groups in total. The number of hydrogen-bond acceptors (Lipinski definition) is 5. The van der Waals surface area contributed by atoms with Gasteiger partial charge in [0, 0.05) is 10.5 Å². The Morgan fingerprint density at radius 2 is 1.96 bits per heavy atom. The number of hydrazone groups is 1. The molecule has 0 aliphatic rings. The fraction of sp³-hybridized carbons (Fsp3) is 0.100. The van der Waals surface area contributed by atoms with Crippen molar-refractivity contribution < 1.29 is 14.1 Å². The zero-order valence-corrected chi connectivity index (χ0v) is 16.5. The fourth-order valence-electron chi connectivity index (χ4n) is 2.56. The van der Waals surface area contributed by atoms with Gasteiger partial charge in [-0.05, 0) is 48.4 Å². The summed E-state index contributed by atoms with van der Waals surface area (Å²) in [5, 5.41) is 15.1. The highest BCUT2D eigenvalue weighted by atomic mass is 79.9. The van der Waals surface area contributed by atoms with E-state index in [1.165, 1.54) is 12.3 Å². The number of carbonyl (C=O) groups excluding carboxylic acids is 1. The standard InChI is InChI=1S/C20H16BrN3O4/c1-13-2-8-17(18(10-13)24(26)27)19-9-7-16(28-19)12-22-23-20(25)11-14-3-5-15(21)6-4-14/h2-10,12H,11H2,1H3,(H,23,25)/b22-12+. The summed E-state index contributed by atoms with van der Waals surface area (Å²) in [7, 11) is 0. The number of carbonyl (C=O) groups is 1. The molecule has 2 aromatic carbocycles. The predicted molar refractivity (Wildman–Crippen MR) is 109 cm³/mol. The van der Waals surface area contributed by atoms with Gasteiger partial charge in [0.1, 0.15) is 11.5 Å². The van der Waals surface area contributed by atoms with E-state index < -0.39 is 4.92 Å². The van der Waals surface area contributed by atoms with Gasteiger partial charge in [-0.1, -0.05) is 34.1 Å². The van der Waals surface area contributed by atoms with Crippen molar-refractivity contribution in [3.05, 3.63) is 86.1 Å². The molecule has 0 aliphatic carbocycles. The Kier molecular flexibility index (Phi) is 6.00. The van der Waals surface area contributed by atoms with Gasteiger partial charge in [-0.3, -0.25) is 14.9 Å². The third kappa shape index (κ3) is 4.92. The minimum Gasteiger partial charge on any atom is -0.455 e. The lowest BCUT2D eigenvalue weighted by molar-refractivity contribution is -0.384. The van der Waals surface area contributed by atoms with Crippen LogP contribution < -0.4 is 5.43 Å². The first kappa shape index (κ1) is 19.5. The number of benzene rings is 2. The molecule has 0 atom stereocenters. The maximum Gasteiger partial charge on any atom is 0.280 e. The van der Waals surface area contributed by atoms with Crippen molar-refractivity contribution in [2.75, 3.05) is 0 Å². The lowest BCUT2D eigenvalue weighted by Gasteiger charge is -2.01. The largest absolute Gasteiger partial charge is 0.455 e. The van der Waals surface area contributed by atoms with Crippen LogP contribution in [0.4, 0.5) is 5.69 Å². The SMILES string of the molecule is Cc1ccc(-c2ccc(/C=N/NC(=O)Cc3ccc(Br)cc3)o2)c([N+](=O)[O-])c1. The van der Waals surface area contributed by atoms with Gasteiger partial charge in [-0.15, -0.1) is 0 Å². The summed E-state index contributed by atoms with van der Waals surface area (Å²) < 4.78 is 6.55. The summed E-state index contributed by atoms with van der Waals surface area (Å²) >= 11 is 3.34. The summed E-state index contributed by atoms with van der Waals surface area (Å²) in [6.45, 7) is 1.79. The van der Waals surface area contributed by atoms with Crippen LogP contribution in [-0.4, -0.2) is 17.0 Å². The highest BCUT2D eigenvalue weighted by molar-refractivity contribution is 9.10. The fourth-order valence-corrected chi connectivity index (χ4v) is 2.83. The molecule has 0 saturated heterocycles. The average Bonchev–Trinajstić information content (AvgIpc) is 3.12. The van der Waals surface area contributed by atoms with Crippen LogP contribution in [0.15, 0.2) is 68.6 Å². The number of halogens is 1. The first-order valence-corrected chi connectivity index (χ1v) is 9.13. The molecule has 0 saturated carbocycles. The molecule has 3 aromatic rings. The van der Waals surface area contributed by atoms with Crippen LogP contribution >= 0.6 is 15.9 Å². The Hall–Kier alpha value is -3.26. The lowest BCUT2D eigenvalue weighted by atomic mass is 10.1. The Morgan fingerprint density at radius 3 is 2.68 bits per heavy atom. The van der Waals surface area contributed by atoms with Gasteiger partial charge in [0.25, 0.3) is 5.69 Å². The van der Waals surface area contributed by atoms with Crippen LogP contribution in [0.2, 0.25) is 0 Å². The highest BCUT2D eigenvalue weighted by Crippen LogP contribution is 2.31. The van der Waals surface area contributed by atoms with E-state index in [4.69, 9.17) is 4.42 Å².